The summed E-state index contributed by atoms with van der Waals surface area (Å²) in [4.78, 5) is 16.1. The van der Waals surface area contributed by atoms with Crippen molar-refractivity contribution in [2.75, 3.05) is 31.1 Å². The van der Waals surface area contributed by atoms with Crippen molar-refractivity contribution in [3.8, 4) is 0 Å². The van der Waals surface area contributed by atoms with E-state index in [9.17, 15) is 4.79 Å². The SMILES string of the molecule is C[C@@H](C(=O)NCc1ccccc1Cl)[NH+]1CCN(c2cccc(Cl)c2)CC1. The van der Waals surface area contributed by atoms with Crippen LogP contribution in [0, 0.1) is 0 Å². The number of halogens is 2. The normalized spacial score (nSPS) is 16.3. The maximum absolute atomic E-state index is 12.5. The van der Waals surface area contributed by atoms with Crippen LogP contribution in [0.25, 0.3) is 0 Å². The molecule has 1 saturated heterocycles. The fourth-order valence-corrected chi connectivity index (χ4v) is 3.71. The van der Waals surface area contributed by atoms with Gasteiger partial charge in [-0.1, -0.05) is 47.5 Å². The highest BCUT2D eigenvalue weighted by atomic mass is 35.5. The Morgan fingerprint density at radius 2 is 1.88 bits per heavy atom. The molecule has 1 aliphatic rings. The lowest BCUT2D eigenvalue weighted by Gasteiger charge is -2.36. The van der Waals surface area contributed by atoms with Gasteiger partial charge in [-0.05, 0) is 36.8 Å². The fraction of sp³-hybridized carbons (Fsp3) is 0.350. The number of benzene rings is 2. The third-order valence-corrected chi connectivity index (χ3v) is 5.60. The van der Waals surface area contributed by atoms with Crippen LogP contribution >= 0.6 is 23.2 Å². The fourth-order valence-electron chi connectivity index (χ4n) is 3.32. The van der Waals surface area contributed by atoms with Crippen LogP contribution in [-0.4, -0.2) is 38.1 Å². The molecule has 2 N–H and O–H groups in total. The largest absolute Gasteiger partial charge is 0.360 e. The minimum absolute atomic E-state index is 0.0659. The van der Waals surface area contributed by atoms with Crippen molar-refractivity contribution in [3.63, 3.8) is 0 Å². The lowest BCUT2D eigenvalue weighted by molar-refractivity contribution is -0.914. The van der Waals surface area contributed by atoms with Gasteiger partial charge >= 0.3 is 0 Å². The molecular formula is C20H24Cl2N3O+. The molecule has 0 saturated carbocycles. The molecule has 0 aromatic heterocycles. The highest BCUT2D eigenvalue weighted by Gasteiger charge is 2.29. The summed E-state index contributed by atoms with van der Waals surface area (Å²) in [7, 11) is 0. The first-order chi connectivity index (χ1) is 12.5. The number of hydrogen-bond acceptors (Lipinski definition) is 2. The Kier molecular flexibility index (Phi) is 6.41. The molecule has 26 heavy (non-hydrogen) atoms. The van der Waals surface area contributed by atoms with Gasteiger partial charge in [0.1, 0.15) is 0 Å². The Bertz CT molecular complexity index is 760. The zero-order valence-corrected chi connectivity index (χ0v) is 16.4. The van der Waals surface area contributed by atoms with E-state index in [2.05, 4.69) is 16.3 Å². The Hall–Kier alpha value is -1.75. The second-order valence-electron chi connectivity index (χ2n) is 6.66. The van der Waals surface area contributed by atoms with E-state index < -0.39 is 0 Å². The zero-order chi connectivity index (χ0) is 18.5. The molecule has 1 heterocycles. The maximum atomic E-state index is 12.5. The minimum atomic E-state index is -0.0843. The Labute approximate surface area is 164 Å². The first kappa shape index (κ1) is 19.0. The van der Waals surface area contributed by atoms with Crippen molar-refractivity contribution >= 4 is 34.8 Å². The first-order valence-electron chi connectivity index (χ1n) is 8.91. The van der Waals surface area contributed by atoms with Crippen molar-refractivity contribution in [1.82, 2.24) is 5.32 Å². The average Bonchev–Trinajstić information content (AvgIpc) is 2.66. The molecule has 1 amide bonds. The topological polar surface area (TPSA) is 36.8 Å². The molecule has 0 bridgehead atoms. The van der Waals surface area contributed by atoms with Crippen LogP contribution in [0.3, 0.4) is 0 Å². The van der Waals surface area contributed by atoms with E-state index in [1.54, 1.807) is 0 Å². The predicted molar refractivity (Wildman–Crippen MR) is 107 cm³/mol. The smallest absolute Gasteiger partial charge is 0.278 e. The van der Waals surface area contributed by atoms with Gasteiger partial charge in [0.2, 0.25) is 0 Å². The highest BCUT2D eigenvalue weighted by molar-refractivity contribution is 6.31. The van der Waals surface area contributed by atoms with E-state index in [1.165, 1.54) is 4.90 Å². The number of anilines is 1. The molecule has 1 atom stereocenters. The van der Waals surface area contributed by atoms with E-state index in [-0.39, 0.29) is 11.9 Å². The standard InChI is InChI=1S/C20H23Cl2N3O/c1-15(20(26)23-14-16-5-2-3-8-19(16)22)24-9-11-25(12-10-24)18-7-4-6-17(21)13-18/h2-8,13,15H,9-12,14H2,1H3,(H,23,26)/p+1/t15-/m0/s1. The summed E-state index contributed by atoms with van der Waals surface area (Å²) < 4.78 is 0. The van der Waals surface area contributed by atoms with Crippen molar-refractivity contribution in [2.24, 2.45) is 0 Å². The van der Waals surface area contributed by atoms with Crippen molar-refractivity contribution in [3.05, 3.63) is 64.1 Å². The molecule has 1 aliphatic heterocycles. The number of amides is 1. The molecule has 3 rings (SSSR count). The molecule has 6 heteroatoms. The maximum Gasteiger partial charge on any atom is 0.278 e. The van der Waals surface area contributed by atoms with Crippen molar-refractivity contribution in [2.45, 2.75) is 19.5 Å². The number of nitrogens with zero attached hydrogens (tertiary/aromatic N) is 1. The minimum Gasteiger partial charge on any atom is -0.360 e. The van der Waals surface area contributed by atoms with Gasteiger partial charge in [0.25, 0.3) is 5.91 Å². The van der Waals surface area contributed by atoms with Crippen LogP contribution in [0.4, 0.5) is 5.69 Å². The molecule has 1 fully saturated rings. The monoisotopic (exact) mass is 392 g/mol. The van der Waals surface area contributed by atoms with E-state index >= 15 is 0 Å². The zero-order valence-electron chi connectivity index (χ0n) is 14.8. The third-order valence-electron chi connectivity index (χ3n) is 5.00. The summed E-state index contributed by atoms with van der Waals surface area (Å²) in [5, 5.41) is 4.45. The van der Waals surface area contributed by atoms with Gasteiger partial charge in [-0.25, -0.2) is 0 Å². The highest BCUT2D eigenvalue weighted by Crippen LogP contribution is 2.19. The van der Waals surface area contributed by atoms with Crippen LogP contribution in [0.2, 0.25) is 10.0 Å². The van der Waals surface area contributed by atoms with Crippen LogP contribution in [0.5, 0.6) is 0 Å². The van der Waals surface area contributed by atoms with Gasteiger partial charge in [0, 0.05) is 22.3 Å². The van der Waals surface area contributed by atoms with E-state index in [0.717, 1.165) is 42.5 Å². The summed E-state index contributed by atoms with van der Waals surface area (Å²) in [5.74, 6) is 0.0659. The number of hydrogen-bond donors (Lipinski definition) is 2. The number of carbonyl (C=O) groups is 1. The van der Waals surface area contributed by atoms with Gasteiger partial charge in [-0.2, -0.15) is 0 Å². The van der Waals surface area contributed by atoms with E-state index in [1.807, 2.05) is 49.4 Å². The summed E-state index contributed by atoms with van der Waals surface area (Å²) in [5.41, 5.74) is 2.09. The molecule has 0 aliphatic carbocycles. The lowest BCUT2D eigenvalue weighted by atomic mass is 10.2. The number of rotatable bonds is 5. The van der Waals surface area contributed by atoms with Crippen LogP contribution in [0.1, 0.15) is 12.5 Å². The van der Waals surface area contributed by atoms with Crippen LogP contribution in [0.15, 0.2) is 48.5 Å². The van der Waals surface area contributed by atoms with Crippen molar-refractivity contribution < 1.29 is 9.69 Å². The molecule has 4 nitrogen and oxygen atoms in total. The van der Waals surface area contributed by atoms with Crippen molar-refractivity contribution in [1.29, 1.82) is 0 Å². The van der Waals surface area contributed by atoms with Gasteiger partial charge in [0.15, 0.2) is 6.04 Å². The summed E-state index contributed by atoms with van der Waals surface area (Å²) in [6.07, 6.45) is 0. The Morgan fingerprint density at radius 1 is 1.15 bits per heavy atom. The van der Waals surface area contributed by atoms with E-state index in [4.69, 9.17) is 23.2 Å². The average molecular weight is 393 g/mol. The number of quaternary nitrogens is 1. The molecule has 2 aromatic rings. The quantitative estimate of drug-likeness (QED) is 0.819. The lowest BCUT2D eigenvalue weighted by Crippen LogP contribution is -3.19. The van der Waals surface area contributed by atoms with Crippen LogP contribution < -0.4 is 15.1 Å². The summed E-state index contributed by atoms with van der Waals surface area (Å²) in [6.45, 7) is 6.13. The second kappa shape index (κ2) is 8.76. The molecular weight excluding hydrogens is 369 g/mol. The Morgan fingerprint density at radius 3 is 2.58 bits per heavy atom. The van der Waals surface area contributed by atoms with E-state index in [0.29, 0.717) is 11.6 Å². The second-order valence-corrected chi connectivity index (χ2v) is 7.50. The number of carbonyl (C=O) groups excluding carboxylic acids is 1. The summed E-state index contributed by atoms with van der Waals surface area (Å²) in [6, 6.07) is 15.4. The number of nitrogens with one attached hydrogen (secondary N) is 2. The van der Waals surface area contributed by atoms with Gasteiger partial charge in [0.05, 0.1) is 26.2 Å². The molecule has 138 valence electrons. The third kappa shape index (κ3) is 4.70. The molecule has 0 spiro atoms. The molecule has 0 radical (unpaired) electrons. The Balaban J connectivity index is 1.50. The molecule has 2 aromatic carbocycles. The number of piperazine rings is 1. The summed E-state index contributed by atoms with van der Waals surface area (Å²) >= 11 is 12.2. The van der Waals surface area contributed by atoms with Gasteiger partial charge in [-0.3, -0.25) is 4.79 Å². The predicted octanol–water partition coefficient (Wildman–Crippen LogP) is 2.40. The first-order valence-corrected chi connectivity index (χ1v) is 9.66. The van der Waals surface area contributed by atoms with Gasteiger partial charge in [-0.15, -0.1) is 0 Å². The van der Waals surface area contributed by atoms with Crippen LogP contribution in [-0.2, 0) is 11.3 Å². The molecule has 0 unspecified atom stereocenters. The van der Waals surface area contributed by atoms with Gasteiger partial charge < -0.3 is 15.1 Å².